The van der Waals surface area contributed by atoms with Gasteiger partial charge in [0, 0.05) is 11.9 Å². The second-order valence-electron chi connectivity index (χ2n) is 4.75. The highest BCUT2D eigenvalue weighted by atomic mass is 32.1. The number of amides is 2. The quantitative estimate of drug-likeness (QED) is 0.770. The maximum atomic E-state index is 11.7. The molecule has 2 rings (SSSR count). The lowest BCUT2D eigenvalue weighted by atomic mass is 9.85. The predicted molar refractivity (Wildman–Crippen MR) is 71.4 cm³/mol. The van der Waals surface area contributed by atoms with E-state index in [1.165, 1.54) is 36.0 Å². The number of rotatable bonds is 5. The van der Waals surface area contributed by atoms with Gasteiger partial charge in [-0.05, 0) is 25.7 Å². The molecule has 1 fully saturated rings. The van der Waals surface area contributed by atoms with E-state index in [9.17, 15) is 9.59 Å². The minimum Gasteiger partial charge on any atom is -0.476 e. The Kier molecular flexibility index (Phi) is 4.36. The van der Waals surface area contributed by atoms with Crippen LogP contribution in [0.5, 0.6) is 0 Å². The van der Waals surface area contributed by atoms with E-state index in [0.717, 1.165) is 0 Å². The first-order valence-corrected chi connectivity index (χ1v) is 7.17. The van der Waals surface area contributed by atoms with Crippen LogP contribution in [-0.4, -0.2) is 28.6 Å². The number of aromatic nitrogens is 1. The van der Waals surface area contributed by atoms with Crippen molar-refractivity contribution in [3.8, 4) is 0 Å². The third-order valence-electron chi connectivity index (χ3n) is 3.24. The summed E-state index contributed by atoms with van der Waals surface area (Å²) in [6.45, 7) is 2.49. The molecule has 3 N–H and O–H groups in total. The van der Waals surface area contributed by atoms with Crippen LogP contribution in [0.4, 0.5) is 4.79 Å². The number of hydrogen-bond donors (Lipinski definition) is 3. The Morgan fingerprint density at radius 3 is 2.84 bits per heavy atom. The molecule has 1 aliphatic carbocycles. The zero-order valence-corrected chi connectivity index (χ0v) is 11.5. The molecular weight excluding hydrogens is 266 g/mol. The first-order valence-electron chi connectivity index (χ1n) is 6.29. The number of aromatic carboxylic acids is 1. The number of hydrogen-bond acceptors (Lipinski definition) is 4. The van der Waals surface area contributed by atoms with Crippen LogP contribution in [-0.2, 0) is 0 Å². The molecule has 1 unspecified atom stereocenters. The van der Waals surface area contributed by atoms with Crippen molar-refractivity contribution in [2.24, 2.45) is 5.92 Å². The van der Waals surface area contributed by atoms with E-state index in [-0.39, 0.29) is 17.8 Å². The summed E-state index contributed by atoms with van der Waals surface area (Å²) in [5.74, 6) is -0.441. The molecule has 0 bridgehead atoms. The molecule has 0 spiro atoms. The molecule has 2 amide bonds. The molecule has 0 aromatic carbocycles. The molecule has 7 heteroatoms. The van der Waals surface area contributed by atoms with Gasteiger partial charge in [0.05, 0.1) is 6.04 Å². The molecule has 1 aromatic rings. The zero-order chi connectivity index (χ0) is 13.8. The van der Waals surface area contributed by atoms with Gasteiger partial charge in [-0.1, -0.05) is 6.42 Å². The van der Waals surface area contributed by atoms with Crippen molar-refractivity contribution in [1.82, 2.24) is 15.6 Å². The van der Waals surface area contributed by atoms with Gasteiger partial charge in [-0.15, -0.1) is 11.3 Å². The fraction of sp³-hybridized carbons (Fsp3) is 0.583. The van der Waals surface area contributed by atoms with Gasteiger partial charge in [-0.25, -0.2) is 14.6 Å². The molecule has 104 valence electrons. The second kappa shape index (κ2) is 6.01. The SMILES string of the molecule is CC(NC(=O)NCC1CCC1)c1nc(C(=O)O)cs1. The topological polar surface area (TPSA) is 91.3 Å². The highest BCUT2D eigenvalue weighted by Gasteiger charge is 2.19. The number of carboxylic acids is 1. The first-order chi connectivity index (χ1) is 9.06. The summed E-state index contributed by atoms with van der Waals surface area (Å²) in [6.07, 6.45) is 3.62. The average Bonchev–Trinajstić information content (AvgIpc) is 2.76. The van der Waals surface area contributed by atoms with Crippen molar-refractivity contribution in [1.29, 1.82) is 0 Å². The molecule has 1 aliphatic rings. The summed E-state index contributed by atoms with van der Waals surface area (Å²) in [6, 6.07) is -0.522. The normalized spacial score (nSPS) is 16.5. The van der Waals surface area contributed by atoms with Crippen molar-refractivity contribution in [3.63, 3.8) is 0 Å². The summed E-state index contributed by atoms with van der Waals surface area (Å²) in [4.78, 5) is 26.3. The van der Waals surface area contributed by atoms with E-state index >= 15 is 0 Å². The Hall–Kier alpha value is -1.63. The fourth-order valence-electron chi connectivity index (χ4n) is 1.83. The van der Waals surface area contributed by atoms with Crippen molar-refractivity contribution in [3.05, 3.63) is 16.1 Å². The monoisotopic (exact) mass is 283 g/mol. The van der Waals surface area contributed by atoms with Gasteiger partial charge in [0.1, 0.15) is 5.01 Å². The molecule has 0 radical (unpaired) electrons. The van der Waals surface area contributed by atoms with E-state index < -0.39 is 5.97 Å². The Labute approximate surface area is 115 Å². The van der Waals surface area contributed by atoms with Gasteiger partial charge in [-0.2, -0.15) is 0 Å². The van der Waals surface area contributed by atoms with E-state index in [4.69, 9.17) is 5.11 Å². The van der Waals surface area contributed by atoms with Crippen LogP contribution in [0.25, 0.3) is 0 Å². The minimum atomic E-state index is -1.05. The lowest BCUT2D eigenvalue weighted by Crippen LogP contribution is -2.40. The summed E-state index contributed by atoms with van der Waals surface area (Å²) in [7, 11) is 0. The Balaban J connectivity index is 1.79. The standard InChI is InChI=1S/C12H17N3O3S/c1-7(10-15-9(6-19-10)11(16)17)14-12(18)13-5-8-3-2-4-8/h6-8H,2-5H2,1H3,(H,16,17)(H2,13,14,18). The maximum Gasteiger partial charge on any atom is 0.355 e. The van der Waals surface area contributed by atoms with E-state index in [2.05, 4.69) is 15.6 Å². The molecule has 0 saturated heterocycles. The van der Waals surface area contributed by atoms with Gasteiger partial charge in [0.2, 0.25) is 0 Å². The first kappa shape index (κ1) is 13.8. The lowest BCUT2D eigenvalue weighted by Gasteiger charge is -2.25. The van der Waals surface area contributed by atoms with Crippen molar-refractivity contribution < 1.29 is 14.7 Å². The summed E-state index contributed by atoms with van der Waals surface area (Å²) < 4.78 is 0. The molecule has 1 heterocycles. The maximum absolute atomic E-state index is 11.7. The minimum absolute atomic E-state index is 0.0172. The second-order valence-corrected chi connectivity index (χ2v) is 5.64. The Bertz CT molecular complexity index is 471. The number of urea groups is 1. The lowest BCUT2D eigenvalue weighted by molar-refractivity contribution is 0.0691. The van der Waals surface area contributed by atoms with E-state index in [1.807, 2.05) is 0 Å². The number of carboxylic acid groups (broad SMARTS) is 1. The summed E-state index contributed by atoms with van der Waals surface area (Å²) in [5, 5.41) is 16.4. The van der Waals surface area contributed by atoms with Crippen LogP contribution in [0.1, 0.15) is 47.7 Å². The van der Waals surface area contributed by atoms with Crippen LogP contribution in [0.2, 0.25) is 0 Å². The number of carbonyl (C=O) groups excluding carboxylic acids is 1. The largest absolute Gasteiger partial charge is 0.476 e. The third kappa shape index (κ3) is 3.66. The number of nitrogens with one attached hydrogen (secondary N) is 2. The van der Waals surface area contributed by atoms with Crippen molar-refractivity contribution >= 4 is 23.3 Å². The van der Waals surface area contributed by atoms with Gasteiger partial charge < -0.3 is 15.7 Å². The highest BCUT2D eigenvalue weighted by Crippen LogP contribution is 2.25. The molecule has 6 nitrogen and oxygen atoms in total. The molecular formula is C12H17N3O3S. The van der Waals surface area contributed by atoms with E-state index in [0.29, 0.717) is 17.5 Å². The van der Waals surface area contributed by atoms with Crippen LogP contribution in [0.15, 0.2) is 5.38 Å². The van der Waals surface area contributed by atoms with Gasteiger partial charge in [-0.3, -0.25) is 0 Å². The number of carbonyl (C=O) groups is 2. The van der Waals surface area contributed by atoms with Crippen LogP contribution < -0.4 is 10.6 Å². The Morgan fingerprint density at radius 2 is 2.32 bits per heavy atom. The number of thiazole rings is 1. The smallest absolute Gasteiger partial charge is 0.355 e. The van der Waals surface area contributed by atoms with Crippen LogP contribution in [0, 0.1) is 5.92 Å². The molecule has 0 aliphatic heterocycles. The van der Waals surface area contributed by atoms with Gasteiger partial charge in [0.15, 0.2) is 5.69 Å². The molecule has 1 aromatic heterocycles. The fourth-order valence-corrected chi connectivity index (χ4v) is 2.63. The zero-order valence-electron chi connectivity index (χ0n) is 10.7. The summed E-state index contributed by atoms with van der Waals surface area (Å²) >= 11 is 1.23. The Morgan fingerprint density at radius 1 is 1.58 bits per heavy atom. The van der Waals surface area contributed by atoms with Gasteiger partial charge >= 0.3 is 12.0 Å². The highest BCUT2D eigenvalue weighted by molar-refractivity contribution is 7.09. The van der Waals surface area contributed by atoms with Crippen LogP contribution >= 0.6 is 11.3 Å². The van der Waals surface area contributed by atoms with Gasteiger partial charge in [0.25, 0.3) is 0 Å². The predicted octanol–water partition coefficient (Wildman–Crippen LogP) is 2.00. The number of nitrogens with zero attached hydrogens (tertiary/aromatic N) is 1. The van der Waals surface area contributed by atoms with Crippen LogP contribution in [0.3, 0.4) is 0 Å². The molecule has 19 heavy (non-hydrogen) atoms. The van der Waals surface area contributed by atoms with Crippen molar-refractivity contribution in [2.45, 2.75) is 32.2 Å². The third-order valence-corrected chi connectivity index (χ3v) is 4.26. The average molecular weight is 283 g/mol. The summed E-state index contributed by atoms with van der Waals surface area (Å²) in [5.41, 5.74) is 0.0172. The molecule has 1 saturated carbocycles. The van der Waals surface area contributed by atoms with E-state index in [1.54, 1.807) is 6.92 Å². The van der Waals surface area contributed by atoms with Crippen molar-refractivity contribution in [2.75, 3.05) is 6.54 Å². The molecule has 1 atom stereocenters.